The number of anilines is 1. The van der Waals surface area contributed by atoms with Gasteiger partial charge in [0.2, 0.25) is 0 Å². The van der Waals surface area contributed by atoms with E-state index < -0.39 is 0 Å². The van der Waals surface area contributed by atoms with E-state index in [1.807, 2.05) is 12.1 Å². The molecule has 5 heteroatoms. The molecular formula is C18H20FN3S. The van der Waals surface area contributed by atoms with Crippen LogP contribution in [-0.4, -0.2) is 41.1 Å². The fourth-order valence-corrected chi connectivity index (χ4v) is 3.02. The minimum atomic E-state index is -0.259. The van der Waals surface area contributed by atoms with E-state index in [1.165, 1.54) is 17.7 Å². The van der Waals surface area contributed by atoms with E-state index in [1.54, 1.807) is 6.07 Å². The number of piperazine rings is 1. The van der Waals surface area contributed by atoms with Crippen LogP contribution < -0.4 is 5.32 Å². The van der Waals surface area contributed by atoms with E-state index >= 15 is 0 Å². The van der Waals surface area contributed by atoms with Gasteiger partial charge >= 0.3 is 0 Å². The summed E-state index contributed by atoms with van der Waals surface area (Å²) in [4.78, 5) is 4.57. The van der Waals surface area contributed by atoms with Crippen LogP contribution in [0.25, 0.3) is 0 Å². The Morgan fingerprint density at radius 2 is 1.74 bits per heavy atom. The third-order valence-electron chi connectivity index (χ3n) is 3.98. The lowest BCUT2D eigenvalue weighted by Gasteiger charge is -2.36. The number of benzene rings is 2. The maximum Gasteiger partial charge on any atom is 0.173 e. The Hall–Kier alpha value is -1.98. The molecule has 2 aromatic carbocycles. The monoisotopic (exact) mass is 329 g/mol. The molecule has 0 radical (unpaired) electrons. The van der Waals surface area contributed by atoms with Gasteiger partial charge in [0.05, 0.1) is 0 Å². The number of halogens is 1. The first-order valence-electron chi connectivity index (χ1n) is 7.78. The molecule has 2 aromatic rings. The maximum atomic E-state index is 13.2. The smallest absolute Gasteiger partial charge is 0.173 e. The van der Waals surface area contributed by atoms with E-state index in [4.69, 9.17) is 12.2 Å². The summed E-state index contributed by atoms with van der Waals surface area (Å²) in [6.45, 7) is 4.68. The second kappa shape index (κ2) is 7.53. The van der Waals surface area contributed by atoms with E-state index in [2.05, 4.69) is 39.4 Å². The van der Waals surface area contributed by atoms with Crippen LogP contribution in [0.2, 0.25) is 0 Å². The number of thiocarbonyl (C=S) groups is 1. The van der Waals surface area contributed by atoms with Crippen molar-refractivity contribution in [1.82, 2.24) is 9.80 Å². The molecule has 0 unspecified atom stereocenters. The van der Waals surface area contributed by atoms with Crippen molar-refractivity contribution < 1.29 is 4.39 Å². The summed E-state index contributed by atoms with van der Waals surface area (Å²) in [6.07, 6.45) is 0. The van der Waals surface area contributed by atoms with Crippen LogP contribution in [0.3, 0.4) is 0 Å². The first-order chi connectivity index (χ1) is 11.2. The van der Waals surface area contributed by atoms with Crippen LogP contribution in [0.4, 0.5) is 10.1 Å². The molecule has 0 amide bonds. The van der Waals surface area contributed by atoms with E-state index in [9.17, 15) is 4.39 Å². The number of rotatable bonds is 3. The number of nitrogens with one attached hydrogen (secondary N) is 1. The number of hydrogen-bond donors (Lipinski definition) is 1. The Morgan fingerprint density at radius 3 is 2.43 bits per heavy atom. The highest BCUT2D eigenvalue weighted by atomic mass is 32.1. The minimum absolute atomic E-state index is 0.259. The van der Waals surface area contributed by atoms with Crippen LogP contribution in [0.15, 0.2) is 54.6 Å². The first kappa shape index (κ1) is 15.9. The highest BCUT2D eigenvalue weighted by Gasteiger charge is 2.19. The van der Waals surface area contributed by atoms with Crippen molar-refractivity contribution in [3.05, 3.63) is 66.0 Å². The van der Waals surface area contributed by atoms with Crippen molar-refractivity contribution >= 4 is 23.0 Å². The Morgan fingerprint density at radius 1 is 1.00 bits per heavy atom. The molecule has 1 N–H and O–H groups in total. The van der Waals surface area contributed by atoms with Gasteiger partial charge in [0.1, 0.15) is 5.82 Å². The van der Waals surface area contributed by atoms with Gasteiger partial charge in [0.15, 0.2) is 5.11 Å². The largest absolute Gasteiger partial charge is 0.346 e. The fourth-order valence-electron chi connectivity index (χ4n) is 2.72. The predicted molar refractivity (Wildman–Crippen MR) is 95.9 cm³/mol. The van der Waals surface area contributed by atoms with Crippen molar-refractivity contribution in [2.24, 2.45) is 0 Å². The zero-order chi connectivity index (χ0) is 16.1. The molecule has 1 aliphatic heterocycles. The van der Waals surface area contributed by atoms with Gasteiger partial charge in [-0.2, -0.15) is 0 Å². The molecule has 120 valence electrons. The van der Waals surface area contributed by atoms with Crippen LogP contribution in [0.5, 0.6) is 0 Å². The second-order valence-corrected chi connectivity index (χ2v) is 6.08. The van der Waals surface area contributed by atoms with Crippen molar-refractivity contribution in [1.29, 1.82) is 0 Å². The summed E-state index contributed by atoms with van der Waals surface area (Å²) in [6, 6.07) is 16.9. The van der Waals surface area contributed by atoms with Crippen molar-refractivity contribution in [3.8, 4) is 0 Å². The SMILES string of the molecule is Fc1cccc(NC(=S)N2CCN(Cc3ccccc3)CC2)c1. The van der Waals surface area contributed by atoms with Gasteiger partial charge in [0.25, 0.3) is 0 Å². The van der Waals surface area contributed by atoms with Gasteiger partial charge in [-0.3, -0.25) is 4.90 Å². The summed E-state index contributed by atoms with van der Waals surface area (Å²) in [5.41, 5.74) is 2.03. The van der Waals surface area contributed by atoms with Crippen molar-refractivity contribution in [2.45, 2.75) is 6.54 Å². The molecular weight excluding hydrogens is 309 g/mol. The molecule has 0 spiro atoms. The molecule has 0 saturated carbocycles. The van der Waals surface area contributed by atoms with Gasteiger partial charge in [0, 0.05) is 38.4 Å². The van der Waals surface area contributed by atoms with Crippen LogP contribution in [0.1, 0.15) is 5.56 Å². The second-order valence-electron chi connectivity index (χ2n) is 5.69. The highest BCUT2D eigenvalue weighted by Crippen LogP contribution is 2.12. The Bertz CT molecular complexity index is 654. The Balaban J connectivity index is 1.49. The van der Waals surface area contributed by atoms with Crippen molar-refractivity contribution in [3.63, 3.8) is 0 Å². The predicted octanol–water partition coefficient (Wildman–Crippen LogP) is 3.34. The molecule has 1 saturated heterocycles. The lowest BCUT2D eigenvalue weighted by molar-refractivity contribution is 0.177. The summed E-state index contributed by atoms with van der Waals surface area (Å²) >= 11 is 5.44. The lowest BCUT2D eigenvalue weighted by Crippen LogP contribution is -2.49. The quantitative estimate of drug-likeness (QED) is 0.870. The fraction of sp³-hybridized carbons (Fsp3) is 0.278. The highest BCUT2D eigenvalue weighted by molar-refractivity contribution is 7.80. The minimum Gasteiger partial charge on any atom is -0.346 e. The third kappa shape index (κ3) is 4.50. The van der Waals surface area contributed by atoms with Crippen LogP contribution >= 0.6 is 12.2 Å². The molecule has 23 heavy (non-hydrogen) atoms. The van der Waals surface area contributed by atoms with Crippen molar-refractivity contribution in [2.75, 3.05) is 31.5 Å². The van der Waals surface area contributed by atoms with Gasteiger partial charge in [-0.15, -0.1) is 0 Å². The molecule has 0 atom stereocenters. The third-order valence-corrected chi connectivity index (χ3v) is 4.34. The standard InChI is InChI=1S/C18H20FN3S/c19-16-7-4-8-17(13-16)20-18(23)22-11-9-21(10-12-22)14-15-5-2-1-3-6-15/h1-8,13H,9-12,14H2,(H,20,23). The molecule has 3 nitrogen and oxygen atoms in total. The van der Waals surface area contributed by atoms with Gasteiger partial charge in [-0.25, -0.2) is 4.39 Å². The van der Waals surface area contributed by atoms with E-state index in [0.29, 0.717) is 10.8 Å². The topological polar surface area (TPSA) is 18.5 Å². The summed E-state index contributed by atoms with van der Waals surface area (Å²) in [7, 11) is 0. The molecule has 0 aromatic heterocycles. The number of hydrogen-bond acceptors (Lipinski definition) is 2. The average molecular weight is 329 g/mol. The summed E-state index contributed by atoms with van der Waals surface area (Å²) in [5, 5.41) is 3.78. The number of nitrogens with zero attached hydrogens (tertiary/aromatic N) is 2. The zero-order valence-electron chi connectivity index (χ0n) is 12.9. The van der Waals surface area contributed by atoms with Gasteiger partial charge < -0.3 is 10.2 Å². The summed E-state index contributed by atoms with van der Waals surface area (Å²) in [5.74, 6) is -0.259. The average Bonchev–Trinajstić information content (AvgIpc) is 2.56. The molecule has 1 fully saturated rings. The molecule has 1 heterocycles. The normalized spacial score (nSPS) is 15.4. The lowest BCUT2D eigenvalue weighted by atomic mass is 10.2. The van der Waals surface area contributed by atoms with Gasteiger partial charge in [-0.05, 0) is 36.0 Å². The Labute approximate surface area is 141 Å². The molecule has 3 rings (SSSR count). The van der Waals surface area contributed by atoms with Crippen LogP contribution in [0, 0.1) is 5.82 Å². The molecule has 0 bridgehead atoms. The van der Waals surface area contributed by atoms with Gasteiger partial charge in [-0.1, -0.05) is 36.4 Å². The molecule has 0 aliphatic carbocycles. The van der Waals surface area contributed by atoms with Crippen LogP contribution in [-0.2, 0) is 6.54 Å². The Kier molecular flexibility index (Phi) is 5.20. The van der Waals surface area contributed by atoms with E-state index in [-0.39, 0.29) is 5.82 Å². The first-order valence-corrected chi connectivity index (χ1v) is 8.19. The zero-order valence-corrected chi connectivity index (χ0v) is 13.7. The summed E-state index contributed by atoms with van der Waals surface area (Å²) < 4.78 is 13.2. The molecule has 1 aliphatic rings. The maximum absolute atomic E-state index is 13.2. The van der Waals surface area contributed by atoms with E-state index in [0.717, 1.165) is 32.7 Å².